The molecule has 2 amide bonds. The van der Waals surface area contributed by atoms with Gasteiger partial charge in [-0.1, -0.05) is 25.1 Å². The highest BCUT2D eigenvalue weighted by molar-refractivity contribution is 6.09. The van der Waals surface area contributed by atoms with Gasteiger partial charge in [-0.15, -0.1) is 0 Å². The van der Waals surface area contributed by atoms with Crippen molar-refractivity contribution < 1.29 is 14.4 Å². The van der Waals surface area contributed by atoms with Crippen molar-refractivity contribution in [1.82, 2.24) is 10.6 Å². The van der Waals surface area contributed by atoms with Crippen LogP contribution < -0.4 is 15.5 Å². The number of amides is 2. The molecular formula is C18H23N3O3. The first-order valence-corrected chi connectivity index (χ1v) is 8.29. The Morgan fingerprint density at radius 3 is 2.67 bits per heavy atom. The van der Waals surface area contributed by atoms with Crippen LogP contribution in [0.5, 0.6) is 0 Å². The number of para-hydroxylation sites is 1. The van der Waals surface area contributed by atoms with Crippen LogP contribution in [-0.4, -0.2) is 42.8 Å². The number of nitrogens with zero attached hydrogens (tertiary/aromatic N) is 1. The molecule has 1 aromatic carbocycles. The van der Waals surface area contributed by atoms with Crippen molar-refractivity contribution in [3.8, 4) is 0 Å². The number of anilines is 1. The van der Waals surface area contributed by atoms with Crippen LogP contribution in [-0.2, 0) is 20.8 Å². The number of carbonyl (C=O) groups is 3. The number of likely N-dealkylation sites (N-methyl/N-ethyl adjacent to an activating group) is 1. The molecule has 4 atom stereocenters. The lowest BCUT2D eigenvalue weighted by atomic mass is 9.86. The second kappa shape index (κ2) is 6.02. The van der Waals surface area contributed by atoms with Gasteiger partial charge in [0.05, 0.1) is 17.8 Å². The van der Waals surface area contributed by atoms with E-state index in [-0.39, 0.29) is 29.6 Å². The van der Waals surface area contributed by atoms with Crippen molar-refractivity contribution in [3.05, 3.63) is 29.3 Å². The quantitative estimate of drug-likeness (QED) is 0.854. The number of hydrogen-bond donors (Lipinski definition) is 2. The molecule has 0 saturated heterocycles. The Hall–Kier alpha value is -2.21. The van der Waals surface area contributed by atoms with Crippen LogP contribution in [0.2, 0.25) is 0 Å². The van der Waals surface area contributed by atoms with E-state index in [0.717, 1.165) is 16.8 Å². The minimum Gasteiger partial charge on any atom is -0.342 e. The highest BCUT2D eigenvalue weighted by Crippen LogP contribution is 2.44. The Morgan fingerprint density at radius 1 is 1.33 bits per heavy atom. The van der Waals surface area contributed by atoms with Crippen LogP contribution in [0.3, 0.4) is 0 Å². The SMILES string of the molecule is CN[C@@H](C)C(=O)N[C@@H]1C(=O)N2c3c(cccc3C1C)C[C@H]2C(C)=O. The summed E-state index contributed by atoms with van der Waals surface area (Å²) in [5, 5.41) is 5.73. The fourth-order valence-electron chi connectivity index (χ4n) is 3.62. The summed E-state index contributed by atoms with van der Waals surface area (Å²) in [6, 6.07) is 4.39. The van der Waals surface area contributed by atoms with Crippen molar-refractivity contribution in [3.63, 3.8) is 0 Å². The lowest BCUT2D eigenvalue weighted by Gasteiger charge is -2.38. The molecule has 2 aliphatic rings. The number of hydrogen-bond acceptors (Lipinski definition) is 4. The number of nitrogens with one attached hydrogen (secondary N) is 2. The van der Waals surface area contributed by atoms with Crippen molar-refractivity contribution in [2.75, 3.05) is 11.9 Å². The normalized spacial score (nSPS) is 26.1. The molecule has 0 radical (unpaired) electrons. The second-order valence-electron chi connectivity index (χ2n) is 6.68. The average Bonchev–Trinajstić information content (AvgIpc) is 2.96. The lowest BCUT2D eigenvalue weighted by molar-refractivity contribution is -0.130. The van der Waals surface area contributed by atoms with Gasteiger partial charge in [0.2, 0.25) is 5.91 Å². The smallest absolute Gasteiger partial charge is 0.250 e. The van der Waals surface area contributed by atoms with Gasteiger partial charge in [0, 0.05) is 12.3 Å². The fraction of sp³-hybridized carbons (Fsp3) is 0.500. The summed E-state index contributed by atoms with van der Waals surface area (Å²) in [6.45, 7) is 5.20. The molecular weight excluding hydrogens is 306 g/mol. The Morgan fingerprint density at radius 2 is 2.04 bits per heavy atom. The molecule has 0 spiro atoms. The van der Waals surface area contributed by atoms with Crippen LogP contribution in [0.4, 0.5) is 5.69 Å². The third-order valence-electron chi connectivity index (χ3n) is 5.20. The van der Waals surface area contributed by atoms with E-state index in [0.29, 0.717) is 6.42 Å². The van der Waals surface area contributed by atoms with Crippen molar-refractivity contribution in [1.29, 1.82) is 0 Å². The number of carbonyl (C=O) groups excluding carboxylic acids is 3. The summed E-state index contributed by atoms with van der Waals surface area (Å²) in [4.78, 5) is 39.0. The van der Waals surface area contributed by atoms with E-state index in [2.05, 4.69) is 10.6 Å². The number of benzene rings is 1. The molecule has 1 aromatic rings. The van der Waals surface area contributed by atoms with E-state index >= 15 is 0 Å². The maximum atomic E-state index is 13.1. The van der Waals surface area contributed by atoms with Crippen LogP contribution in [0, 0.1) is 0 Å². The molecule has 24 heavy (non-hydrogen) atoms. The number of rotatable bonds is 4. The third-order valence-corrected chi connectivity index (χ3v) is 5.20. The van der Waals surface area contributed by atoms with Crippen LogP contribution in [0.15, 0.2) is 18.2 Å². The molecule has 3 rings (SSSR count). The van der Waals surface area contributed by atoms with Gasteiger partial charge >= 0.3 is 0 Å². The van der Waals surface area contributed by atoms with Gasteiger partial charge in [0.15, 0.2) is 5.78 Å². The van der Waals surface area contributed by atoms with Gasteiger partial charge in [0.1, 0.15) is 6.04 Å². The second-order valence-corrected chi connectivity index (χ2v) is 6.68. The Bertz CT molecular complexity index is 715. The number of ketones is 1. The monoisotopic (exact) mass is 329 g/mol. The summed E-state index contributed by atoms with van der Waals surface area (Å²) in [5.74, 6) is -0.589. The van der Waals surface area contributed by atoms with Crippen molar-refractivity contribution >= 4 is 23.3 Å². The zero-order valence-corrected chi connectivity index (χ0v) is 14.4. The summed E-state index contributed by atoms with van der Waals surface area (Å²) in [6.07, 6.45) is 0.546. The van der Waals surface area contributed by atoms with Gasteiger partial charge in [-0.3, -0.25) is 19.3 Å². The molecule has 6 heteroatoms. The van der Waals surface area contributed by atoms with E-state index in [1.165, 1.54) is 6.92 Å². The first-order chi connectivity index (χ1) is 11.4. The van der Waals surface area contributed by atoms with Gasteiger partial charge in [-0.25, -0.2) is 0 Å². The first kappa shape index (κ1) is 16.6. The third kappa shape index (κ3) is 2.41. The van der Waals surface area contributed by atoms with Crippen LogP contribution >= 0.6 is 0 Å². The van der Waals surface area contributed by atoms with Crippen LogP contribution in [0.1, 0.15) is 37.8 Å². The zero-order valence-electron chi connectivity index (χ0n) is 14.4. The summed E-state index contributed by atoms with van der Waals surface area (Å²) in [7, 11) is 1.70. The largest absolute Gasteiger partial charge is 0.342 e. The Balaban J connectivity index is 2.01. The molecule has 1 unspecified atom stereocenters. The lowest BCUT2D eigenvalue weighted by Crippen LogP contribution is -2.59. The molecule has 2 heterocycles. The van der Waals surface area contributed by atoms with Gasteiger partial charge in [-0.2, -0.15) is 0 Å². The van der Waals surface area contributed by atoms with Gasteiger partial charge < -0.3 is 10.6 Å². The Labute approximate surface area is 141 Å². The van der Waals surface area contributed by atoms with Crippen LogP contribution in [0.25, 0.3) is 0 Å². The van der Waals surface area contributed by atoms with E-state index in [1.807, 2.05) is 25.1 Å². The van der Waals surface area contributed by atoms with E-state index in [9.17, 15) is 14.4 Å². The Kier molecular flexibility index (Phi) is 4.17. The zero-order chi connectivity index (χ0) is 17.6. The number of Topliss-reactive ketones (excluding diaryl/α,β-unsaturated/α-hetero) is 1. The highest BCUT2D eigenvalue weighted by Gasteiger charge is 2.47. The summed E-state index contributed by atoms with van der Waals surface area (Å²) < 4.78 is 0. The van der Waals surface area contributed by atoms with Gasteiger partial charge in [0.25, 0.3) is 5.91 Å². The summed E-state index contributed by atoms with van der Waals surface area (Å²) >= 11 is 0. The molecule has 0 fully saturated rings. The summed E-state index contributed by atoms with van der Waals surface area (Å²) in [5.41, 5.74) is 2.90. The molecule has 0 aromatic heterocycles. The molecule has 6 nitrogen and oxygen atoms in total. The van der Waals surface area contributed by atoms with Crippen molar-refractivity contribution in [2.24, 2.45) is 0 Å². The standard InChI is InChI=1S/C18H23N3O3/c1-9-13-7-5-6-12-8-14(11(3)22)21(16(12)13)18(24)15(9)20-17(23)10(2)19-4/h5-7,9-10,14-15,19H,8H2,1-4H3,(H,20,23)/t9?,10-,14-,15-/m0/s1. The maximum Gasteiger partial charge on any atom is 0.250 e. The molecule has 128 valence electrons. The predicted octanol–water partition coefficient (Wildman–Crippen LogP) is 0.743. The van der Waals surface area contributed by atoms with Gasteiger partial charge in [-0.05, 0) is 32.0 Å². The first-order valence-electron chi connectivity index (χ1n) is 8.29. The molecule has 0 aliphatic carbocycles. The minimum absolute atomic E-state index is 0.0336. The molecule has 2 aliphatic heterocycles. The fourth-order valence-corrected chi connectivity index (χ4v) is 3.62. The highest BCUT2D eigenvalue weighted by atomic mass is 16.2. The van der Waals surface area contributed by atoms with E-state index in [4.69, 9.17) is 0 Å². The topological polar surface area (TPSA) is 78.5 Å². The van der Waals surface area contributed by atoms with E-state index in [1.54, 1.807) is 18.9 Å². The minimum atomic E-state index is -0.656. The molecule has 2 N–H and O–H groups in total. The molecule has 0 saturated carbocycles. The molecule has 0 bridgehead atoms. The average molecular weight is 329 g/mol. The predicted molar refractivity (Wildman–Crippen MR) is 91.0 cm³/mol. The maximum absolute atomic E-state index is 13.1. The van der Waals surface area contributed by atoms with Crippen molar-refractivity contribution in [2.45, 2.75) is 51.2 Å². The van der Waals surface area contributed by atoms with E-state index < -0.39 is 12.1 Å².